The molecule has 0 radical (unpaired) electrons. The molecule has 1 amide bonds. The number of amides is 1. The summed E-state index contributed by atoms with van der Waals surface area (Å²) < 4.78 is 0. The zero-order chi connectivity index (χ0) is 19.0. The Morgan fingerprint density at radius 2 is 2.04 bits per heavy atom. The van der Waals surface area contributed by atoms with Crippen LogP contribution in [0, 0.1) is 5.92 Å². The minimum absolute atomic E-state index is 0.0314. The molecule has 0 aromatic carbocycles. The van der Waals surface area contributed by atoms with E-state index < -0.39 is 0 Å². The van der Waals surface area contributed by atoms with Gasteiger partial charge in [0.1, 0.15) is 5.82 Å². The van der Waals surface area contributed by atoms with E-state index in [0.717, 1.165) is 63.2 Å². The number of aromatic nitrogens is 2. The topological polar surface area (TPSA) is 55.8 Å². The Balaban J connectivity index is 1.51. The van der Waals surface area contributed by atoms with Crippen LogP contribution >= 0.6 is 0 Å². The number of rotatable bonds is 4. The standard InChI is InChI=1S/C20H32N6O/c1-23(2)17-7-10-21-19(22-17)26-13-12-24(3)20(15-26)8-6-18(27)25(11-9-20)14-16-4-5-16/h7,10,16H,4-6,8-9,11-15H2,1-3H3/t20-/m0/s1. The minimum Gasteiger partial charge on any atom is -0.363 e. The fourth-order valence-corrected chi connectivity index (χ4v) is 4.41. The van der Waals surface area contributed by atoms with Gasteiger partial charge in [-0.05, 0) is 44.7 Å². The molecule has 1 saturated carbocycles. The third kappa shape index (κ3) is 3.88. The van der Waals surface area contributed by atoms with Crippen molar-refractivity contribution in [3.8, 4) is 0 Å². The van der Waals surface area contributed by atoms with Crippen LogP contribution in [0.2, 0.25) is 0 Å². The lowest BCUT2D eigenvalue weighted by atomic mass is 9.86. The van der Waals surface area contributed by atoms with Gasteiger partial charge in [0.25, 0.3) is 0 Å². The molecular weight excluding hydrogens is 340 g/mol. The van der Waals surface area contributed by atoms with Gasteiger partial charge in [-0.15, -0.1) is 0 Å². The predicted octanol–water partition coefficient (Wildman–Crippen LogP) is 1.46. The van der Waals surface area contributed by atoms with Crippen LogP contribution in [0.1, 0.15) is 32.1 Å². The van der Waals surface area contributed by atoms with E-state index in [4.69, 9.17) is 4.98 Å². The average Bonchev–Trinajstić information content (AvgIpc) is 3.50. The van der Waals surface area contributed by atoms with Gasteiger partial charge in [0.15, 0.2) is 0 Å². The fourth-order valence-electron chi connectivity index (χ4n) is 4.41. The molecule has 3 heterocycles. The molecule has 7 nitrogen and oxygen atoms in total. The zero-order valence-corrected chi connectivity index (χ0v) is 16.9. The first kappa shape index (κ1) is 18.5. The summed E-state index contributed by atoms with van der Waals surface area (Å²) in [6.07, 6.45) is 7.05. The molecule has 1 aromatic rings. The Bertz CT molecular complexity index is 691. The maximum Gasteiger partial charge on any atom is 0.227 e. The van der Waals surface area contributed by atoms with E-state index in [0.29, 0.717) is 12.3 Å². The molecule has 148 valence electrons. The van der Waals surface area contributed by atoms with Crippen molar-refractivity contribution in [1.29, 1.82) is 0 Å². The fraction of sp³-hybridized carbons (Fsp3) is 0.750. The summed E-state index contributed by atoms with van der Waals surface area (Å²) in [6.45, 7) is 4.65. The molecule has 2 aliphatic heterocycles. The number of likely N-dealkylation sites (N-methyl/N-ethyl adjacent to an activating group) is 1. The van der Waals surface area contributed by atoms with Crippen molar-refractivity contribution in [2.24, 2.45) is 5.92 Å². The van der Waals surface area contributed by atoms with Crippen LogP contribution in [0.4, 0.5) is 11.8 Å². The van der Waals surface area contributed by atoms with Crippen molar-refractivity contribution in [3.63, 3.8) is 0 Å². The quantitative estimate of drug-likeness (QED) is 0.798. The molecule has 0 N–H and O–H groups in total. The van der Waals surface area contributed by atoms with E-state index >= 15 is 0 Å². The van der Waals surface area contributed by atoms with Crippen molar-refractivity contribution in [2.75, 3.05) is 63.7 Å². The number of hydrogen-bond acceptors (Lipinski definition) is 6. The van der Waals surface area contributed by atoms with Gasteiger partial charge in [0, 0.05) is 65.0 Å². The van der Waals surface area contributed by atoms with Crippen LogP contribution in [0.25, 0.3) is 0 Å². The second-order valence-electron chi connectivity index (χ2n) is 8.71. The van der Waals surface area contributed by atoms with Crippen LogP contribution in [0.5, 0.6) is 0 Å². The molecule has 1 aromatic heterocycles. The Labute approximate surface area is 162 Å². The highest BCUT2D eigenvalue weighted by molar-refractivity contribution is 5.76. The molecule has 2 saturated heterocycles. The highest BCUT2D eigenvalue weighted by Gasteiger charge is 2.43. The Morgan fingerprint density at radius 3 is 2.78 bits per heavy atom. The Hall–Kier alpha value is -1.89. The number of nitrogens with zero attached hydrogens (tertiary/aromatic N) is 6. The summed E-state index contributed by atoms with van der Waals surface area (Å²) in [7, 11) is 6.22. The predicted molar refractivity (Wildman–Crippen MR) is 107 cm³/mol. The normalized spacial score (nSPS) is 27.1. The lowest BCUT2D eigenvalue weighted by Crippen LogP contribution is -2.61. The van der Waals surface area contributed by atoms with E-state index in [2.05, 4.69) is 26.7 Å². The molecule has 4 rings (SSSR count). The number of carbonyl (C=O) groups excluding carboxylic acids is 1. The average molecular weight is 373 g/mol. The third-order valence-electron chi connectivity index (χ3n) is 6.55. The summed E-state index contributed by atoms with van der Waals surface area (Å²) in [5.41, 5.74) is 0.0314. The van der Waals surface area contributed by atoms with Gasteiger partial charge >= 0.3 is 0 Å². The molecule has 27 heavy (non-hydrogen) atoms. The highest BCUT2D eigenvalue weighted by Crippen LogP contribution is 2.35. The lowest BCUT2D eigenvalue weighted by molar-refractivity contribution is -0.130. The zero-order valence-electron chi connectivity index (χ0n) is 16.9. The van der Waals surface area contributed by atoms with Gasteiger partial charge in [0.05, 0.1) is 0 Å². The highest BCUT2D eigenvalue weighted by atomic mass is 16.2. The number of piperazine rings is 1. The number of anilines is 2. The summed E-state index contributed by atoms with van der Waals surface area (Å²) in [6, 6.07) is 1.94. The molecule has 0 bridgehead atoms. The minimum atomic E-state index is 0.0314. The third-order valence-corrected chi connectivity index (χ3v) is 6.55. The smallest absolute Gasteiger partial charge is 0.227 e. The molecule has 7 heteroatoms. The van der Waals surface area contributed by atoms with Gasteiger partial charge in [-0.2, -0.15) is 4.98 Å². The van der Waals surface area contributed by atoms with E-state index in [1.807, 2.05) is 31.3 Å². The Kier molecular flexibility index (Phi) is 4.97. The second-order valence-corrected chi connectivity index (χ2v) is 8.71. The van der Waals surface area contributed by atoms with Crippen LogP contribution in [-0.2, 0) is 4.79 Å². The van der Waals surface area contributed by atoms with Gasteiger partial charge < -0.3 is 14.7 Å². The van der Waals surface area contributed by atoms with Gasteiger partial charge in [-0.1, -0.05) is 0 Å². The maximum atomic E-state index is 12.6. The SMILES string of the molecule is CN(C)c1ccnc(N2CCN(C)[C@]3(CCC(=O)N(CC4CC4)CC3)C2)n1. The van der Waals surface area contributed by atoms with E-state index in [9.17, 15) is 4.79 Å². The Morgan fingerprint density at radius 1 is 1.22 bits per heavy atom. The molecule has 3 aliphatic rings. The molecule has 0 unspecified atom stereocenters. The van der Waals surface area contributed by atoms with Gasteiger partial charge in [-0.3, -0.25) is 9.69 Å². The largest absolute Gasteiger partial charge is 0.363 e. The maximum absolute atomic E-state index is 12.6. The molecule has 1 aliphatic carbocycles. The van der Waals surface area contributed by atoms with Crippen LogP contribution in [0.15, 0.2) is 12.3 Å². The van der Waals surface area contributed by atoms with E-state index in [-0.39, 0.29) is 5.54 Å². The van der Waals surface area contributed by atoms with Crippen molar-refractivity contribution >= 4 is 17.7 Å². The van der Waals surface area contributed by atoms with Gasteiger partial charge in [-0.25, -0.2) is 4.98 Å². The van der Waals surface area contributed by atoms with Gasteiger partial charge in [0.2, 0.25) is 11.9 Å². The van der Waals surface area contributed by atoms with Crippen LogP contribution in [0.3, 0.4) is 0 Å². The van der Waals surface area contributed by atoms with E-state index in [1.165, 1.54) is 12.8 Å². The molecular formula is C20H32N6O. The van der Waals surface area contributed by atoms with Crippen LogP contribution in [-0.4, -0.2) is 85.1 Å². The first-order valence-corrected chi connectivity index (χ1v) is 10.2. The molecule has 1 atom stereocenters. The molecule has 3 fully saturated rings. The van der Waals surface area contributed by atoms with Crippen molar-refractivity contribution in [2.45, 2.75) is 37.6 Å². The second kappa shape index (κ2) is 7.26. The van der Waals surface area contributed by atoms with Crippen molar-refractivity contribution < 1.29 is 4.79 Å². The molecule has 1 spiro atoms. The summed E-state index contributed by atoms with van der Waals surface area (Å²) in [4.78, 5) is 30.9. The van der Waals surface area contributed by atoms with E-state index in [1.54, 1.807) is 0 Å². The monoisotopic (exact) mass is 372 g/mol. The first-order valence-electron chi connectivity index (χ1n) is 10.2. The summed E-state index contributed by atoms with van der Waals surface area (Å²) in [5.74, 6) is 2.83. The van der Waals surface area contributed by atoms with Crippen molar-refractivity contribution in [3.05, 3.63) is 12.3 Å². The number of hydrogen-bond donors (Lipinski definition) is 0. The number of carbonyl (C=O) groups is 1. The lowest BCUT2D eigenvalue weighted by Gasteiger charge is -2.49. The van der Waals surface area contributed by atoms with Crippen LogP contribution < -0.4 is 9.80 Å². The summed E-state index contributed by atoms with van der Waals surface area (Å²) in [5, 5.41) is 0. The number of likely N-dealkylation sites (tertiary alicyclic amines) is 1. The summed E-state index contributed by atoms with van der Waals surface area (Å²) >= 11 is 0. The van der Waals surface area contributed by atoms with Crippen molar-refractivity contribution in [1.82, 2.24) is 19.8 Å². The first-order chi connectivity index (χ1) is 13.0.